The van der Waals surface area contributed by atoms with E-state index in [9.17, 15) is 10.1 Å². The number of nitriles is 1. The predicted molar refractivity (Wildman–Crippen MR) is 88.3 cm³/mol. The normalized spacial score (nSPS) is 17.6. The smallest absolute Gasteiger partial charge is 0.244 e. The van der Waals surface area contributed by atoms with Crippen LogP contribution in [0.25, 0.3) is 0 Å². The molecule has 0 spiro atoms. The number of carbonyl (C=O) groups is 1. The topological polar surface area (TPSA) is 52.9 Å². The van der Waals surface area contributed by atoms with Crippen LogP contribution in [-0.2, 0) is 4.79 Å². The standard InChI is InChI=1S/C16H18BrClN2O/c1-11-8-12(17)14(9-13(11)18)20-15(21)16(10-19)6-4-2-3-5-7-16/h8-9H,2-7H2,1H3,(H,20,21). The van der Waals surface area contributed by atoms with Crippen molar-refractivity contribution >= 4 is 39.1 Å². The lowest BCUT2D eigenvalue weighted by Gasteiger charge is -2.24. The van der Waals surface area contributed by atoms with Gasteiger partial charge in [0.05, 0.1) is 11.8 Å². The molecule has 0 bridgehead atoms. The second kappa shape index (κ2) is 6.81. The van der Waals surface area contributed by atoms with Gasteiger partial charge >= 0.3 is 0 Å². The highest BCUT2D eigenvalue weighted by atomic mass is 79.9. The van der Waals surface area contributed by atoms with Crippen LogP contribution in [-0.4, -0.2) is 5.91 Å². The molecule has 1 aliphatic rings. The molecule has 1 N–H and O–H groups in total. The summed E-state index contributed by atoms with van der Waals surface area (Å²) in [5, 5.41) is 13.0. The van der Waals surface area contributed by atoms with Gasteiger partial charge in [0, 0.05) is 9.50 Å². The molecule has 0 aliphatic heterocycles. The third kappa shape index (κ3) is 3.59. The zero-order valence-electron chi connectivity index (χ0n) is 12.0. The van der Waals surface area contributed by atoms with Crippen LogP contribution in [0.2, 0.25) is 5.02 Å². The summed E-state index contributed by atoms with van der Waals surface area (Å²) >= 11 is 9.55. The lowest BCUT2D eigenvalue weighted by atomic mass is 9.81. The Morgan fingerprint density at radius 2 is 1.95 bits per heavy atom. The maximum atomic E-state index is 12.6. The van der Waals surface area contributed by atoms with Gasteiger partial charge in [-0.25, -0.2) is 0 Å². The van der Waals surface area contributed by atoms with E-state index in [2.05, 4.69) is 27.3 Å². The van der Waals surface area contributed by atoms with Gasteiger partial charge in [0.15, 0.2) is 0 Å². The van der Waals surface area contributed by atoms with E-state index in [0.717, 1.165) is 35.7 Å². The summed E-state index contributed by atoms with van der Waals surface area (Å²) in [6.45, 7) is 1.90. The lowest BCUT2D eigenvalue weighted by molar-refractivity contribution is -0.123. The van der Waals surface area contributed by atoms with Crippen molar-refractivity contribution in [1.82, 2.24) is 0 Å². The summed E-state index contributed by atoms with van der Waals surface area (Å²) in [5.41, 5.74) is 0.647. The van der Waals surface area contributed by atoms with Gasteiger partial charge in [-0.15, -0.1) is 0 Å². The Bertz CT molecular complexity index is 587. The number of nitrogens with zero attached hydrogens (tertiary/aromatic N) is 1. The van der Waals surface area contributed by atoms with Gasteiger partial charge in [0.1, 0.15) is 5.41 Å². The van der Waals surface area contributed by atoms with Crippen molar-refractivity contribution in [3.63, 3.8) is 0 Å². The zero-order valence-corrected chi connectivity index (χ0v) is 14.4. The van der Waals surface area contributed by atoms with Crippen LogP contribution in [0.4, 0.5) is 5.69 Å². The monoisotopic (exact) mass is 368 g/mol. The number of carbonyl (C=O) groups excluding carboxylic acids is 1. The average molecular weight is 370 g/mol. The van der Waals surface area contributed by atoms with Crippen LogP contribution in [0.5, 0.6) is 0 Å². The Labute approximate surface area is 138 Å². The summed E-state index contributed by atoms with van der Waals surface area (Å²) in [7, 11) is 0. The van der Waals surface area contributed by atoms with E-state index in [1.165, 1.54) is 0 Å². The van der Waals surface area contributed by atoms with Crippen molar-refractivity contribution in [3.05, 3.63) is 27.2 Å². The highest BCUT2D eigenvalue weighted by Crippen LogP contribution is 2.37. The Hall–Kier alpha value is -1.05. The number of halogens is 2. The van der Waals surface area contributed by atoms with E-state index in [-0.39, 0.29) is 5.91 Å². The largest absolute Gasteiger partial charge is 0.324 e. The van der Waals surface area contributed by atoms with Crippen LogP contribution in [0.1, 0.15) is 44.1 Å². The number of hydrogen-bond acceptors (Lipinski definition) is 2. The van der Waals surface area contributed by atoms with Crippen LogP contribution in [0.3, 0.4) is 0 Å². The summed E-state index contributed by atoms with van der Waals surface area (Å²) in [5.74, 6) is -0.215. The minimum atomic E-state index is -0.909. The number of anilines is 1. The van der Waals surface area contributed by atoms with Gasteiger partial charge in [-0.3, -0.25) is 4.79 Å². The number of hydrogen-bond donors (Lipinski definition) is 1. The first-order valence-electron chi connectivity index (χ1n) is 7.17. The lowest BCUT2D eigenvalue weighted by Crippen LogP contribution is -2.34. The van der Waals surface area contributed by atoms with Crippen LogP contribution < -0.4 is 5.32 Å². The van der Waals surface area contributed by atoms with Gasteiger partial charge in [0.25, 0.3) is 0 Å². The number of rotatable bonds is 2. The summed E-state index contributed by atoms with van der Waals surface area (Å²) in [6, 6.07) is 5.85. The molecule has 2 rings (SSSR count). The fraction of sp³-hybridized carbons (Fsp3) is 0.500. The first-order chi connectivity index (χ1) is 9.98. The highest BCUT2D eigenvalue weighted by molar-refractivity contribution is 9.10. The molecule has 1 amide bonds. The Morgan fingerprint density at radius 3 is 2.52 bits per heavy atom. The second-order valence-electron chi connectivity index (χ2n) is 5.64. The molecule has 0 heterocycles. The third-order valence-corrected chi connectivity index (χ3v) is 5.17. The van der Waals surface area contributed by atoms with Crippen molar-refractivity contribution in [2.75, 3.05) is 5.32 Å². The van der Waals surface area contributed by atoms with Crippen molar-refractivity contribution in [1.29, 1.82) is 5.26 Å². The minimum absolute atomic E-state index is 0.215. The van der Waals surface area contributed by atoms with Crippen LogP contribution in [0.15, 0.2) is 16.6 Å². The minimum Gasteiger partial charge on any atom is -0.324 e. The van der Waals surface area contributed by atoms with E-state index in [1.54, 1.807) is 6.07 Å². The molecule has 0 atom stereocenters. The van der Waals surface area contributed by atoms with E-state index in [0.29, 0.717) is 23.6 Å². The first kappa shape index (κ1) is 16.3. The highest BCUT2D eigenvalue weighted by Gasteiger charge is 2.39. The Balaban J connectivity index is 2.24. The molecule has 1 aliphatic carbocycles. The zero-order chi connectivity index (χ0) is 15.5. The van der Waals surface area contributed by atoms with E-state index >= 15 is 0 Å². The van der Waals surface area contributed by atoms with Gasteiger partial charge in [-0.2, -0.15) is 5.26 Å². The SMILES string of the molecule is Cc1cc(Br)c(NC(=O)C2(C#N)CCCCCC2)cc1Cl. The van der Waals surface area contributed by atoms with Gasteiger partial charge in [0.2, 0.25) is 5.91 Å². The van der Waals surface area contributed by atoms with Crippen molar-refractivity contribution < 1.29 is 4.79 Å². The van der Waals surface area contributed by atoms with Crippen molar-refractivity contribution in [3.8, 4) is 6.07 Å². The van der Waals surface area contributed by atoms with Crippen molar-refractivity contribution in [2.24, 2.45) is 5.41 Å². The molecule has 1 aromatic rings. The third-order valence-electron chi connectivity index (χ3n) is 4.10. The number of aryl methyl sites for hydroxylation is 1. The first-order valence-corrected chi connectivity index (χ1v) is 8.34. The Kier molecular flexibility index (Phi) is 5.29. The molecule has 1 saturated carbocycles. The molecule has 1 fully saturated rings. The quantitative estimate of drug-likeness (QED) is 0.727. The number of amides is 1. The summed E-state index contributed by atoms with van der Waals surface area (Å²) in [6.07, 6.45) is 5.31. The van der Waals surface area contributed by atoms with Gasteiger partial charge in [-0.1, -0.05) is 37.3 Å². The number of benzene rings is 1. The molecular formula is C16H18BrClN2O. The Morgan fingerprint density at radius 1 is 1.33 bits per heavy atom. The molecule has 0 radical (unpaired) electrons. The van der Waals surface area contributed by atoms with Gasteiger partial charge in [-0.05, 0) is 53.4 Å². The van der Waals surface area contributed by atoms with Gasteiger partial charge < -0.3 is 5.32 Å². The maximum absolute atomic E-state index is 12.6. The van der Waals surface area contributed by atoms with Crippen LogP contribution >= 0.6 is 27.5 Å². The molecule has 0 aromatic heterocycles. The van der Waals surface area contributed by atoms with Crippen LogP contribution in [0, 0.1) is 23.7 Å². The summed E-state index contributed by atoms with van der Waals surface area (Å²) < 4.78 is 0.777. The molecule has 0 saturated heterocycles. The molecular weight excluding hydrogens is 352 g/mol. The molecule has 112 valence electrons. The predicted octanol–water partition coefficient (Wildman–Crippen LogP) is 5.21. The fourth-order valence-corrected chi connectivity index (χ4v) is 3.43. The molecule has 21 heavy (non-hydrogen) atoms. The van der Waals surface area contributed by atoms with E-state index in [1.807, 2.05) is 13.0 Å². The second-order valence-corrected chi connectivity index (χ2v) is 6.91. The molecule has 0 unspecified atom stereocenters. The fourth-order valence-electron chi connectivity index (χ4n) is 2.71. The van der Waals surface area contributed by atoms with E-state index in [4.69, 9.17) is 11.6 Å². The number of nitrogens with one attached hydrogen (secondary N) is 1. The van der Waals surface area contributed by atoms with E-state index < -0.39 is 5.41 Å². The average Bonchev–Trinajstić information content (AvgIpc) is 2.71. The molecule has 5 heteroatoms. The molecule has 3 nitrogen and oxygen atoms in total. The maximum Gasteiger partial charge on any atom is 0.244 e. The molecule has 1 aromatic carbocycles. The summed E-state index contributed by atoms with van der Waals surface area (Å²) in [4.78, 5) is 12.6. The van der Waals surface area contributed by atoms with Crippen molar-refractivity contribution in [2.45, 2.75) is 45.4 Å².